The lowest BCUT2D eigenvalue weighted by Crippen LogP contribution is -2.20. The molecule has 0 aliphatic rings. The summed E-state index contributed by atoms with van der Waals surface area (Å²) in [6.07, 6.45) is 1.28. The summed E-state index contributed by atoms with van der Waals surface area (Å²) in [5.74, 6) is -0.771. The van der Waals surface area contributed by atoms with Crippen LogP contribution in [0.4, 0.5) is 5.69 Å². The molecule has 0 aliphatic heterocycles. The normalized spacial score (nSPS) is 11.0. The second-order valence-corrected chi connectivity index (χ2v) is 7.10. The molecule has 10 nitrogen and oxygen atoms in total. The van der Waals surface area contributed by atoms with Crippen LogP contribution in [0.2, 0.25) is 0 Å². The van der Waals surface area contributed by atoms with Crippen LogP contribution in [-0.2, 0) is 4.79 Å². The molecule has 0 fully saturated rings. The van der Waals surface area contributed by atoms with E-state index in [0.29, 0.717) is 22.3 Å². The predicted molar refractivity (Wildman–Crippen MR) is 125 cm³/mol. The molecule has 0 amide bonds. The molecular weight excluding hydrogens is 440 g/mol. The van der Waals surface area contributed by atoms with E-state index < -0.39 is 22.1 Å². The number of carbonyl (C=O) groups excluding carboxylic acids is 1. The molecule has 34 heavy (non-hydrogen) atoms. The number of carbonyl (C=O) groups is 1. The van der Waals surface area contributed by atoms with E-state index >= 15 is 0 Å². The zero-order chi connectivity index (χ0) is 24.2. The highest BCUT2D eigenvalue weighted by molar-refractivity contribution is 5.85. The number of ether oxygens (including phenoxy) is 2. The van der Waals surface area contributed by atoms with Gasteiger partial charge in [-0.2, -0.15) is 9.78 Å². The zero-order valence-electron chi connectivity index (χ0n) is 18.2. The maximum absolute atomic E-state index is 13.2. The maximum atomic E-state index is 13.2. The summed E-state index contributed by atoms with van der Waals surface area (Å²) in [7, 11) is 1.29. The summed E-state index contributed by atoms with van der Waals surface area (Å²) in [4.78, 5) is 40.1. The van der Waals surface area contributed by atoms with Gasteiger partial charge in [-0.25, -0.2) is 4.98 Å². The number of esters is 1. The zero-order valence-corrected chi connectivity index (χ0v) is 18.2. The first-order valence-electron chi connectivity index (χ1n) is 10.1. The highest BCUT2D eigenvalue weighted by atomic mass is 16.6. The van der Waals surface area contributed by atoms with Crippen molar-refractivity contribution >= 4 is 28.8 Å². The quantitative estimate of drug-likeness (QED) is 0.141. The van der Waals surface area contributed by atoms with Crippen molar-refractivity contribution in [3.8, 4) is 22.9 Å². The van der Waals surface area contributed by atoms with E-state index in [1.807, 2.05) is 18.2 Å². The SMILES string of the molecule is COc1cc(C=Nn2c(-c3ccccc3)nc3ccccc3c2=O)cc([N+](=O)[O-])c1OC(C)=O. The molecule has 0 saturated heterocycles. The first-order chi connectivity index (χ1) is 16.4. The molecule has 0 spiro atoms. The number of hydrogen-bond acceptors (Lipinski definition) is 8. The van der Waals surface area contributed by atoms with Gasteiger partial charge in [-0.1, -0.05) is 42.5 Å². The van der Waals surface area contributed by atoms with E-state index in [0.717, 1.165) is 11.6 Å². The van der Waals surface area contributed by atoms with Crippen LogP contribution in [-0.4, -0.2) is 33.9 Å². The molecule has 0 aliphatic carbocycles. The average molecular weight is 458 g/mol. The van der Waals surface area contributed by atoms with E-state index in [9.17, 15) is 19.7 Å². The Morgan fingerprint density at radius 2 is 1.82 bits per heavy atom. The summed E-state index contributed by atoms with van der Waals surface area (Å²) in [6, 6.07) is 18.5. The summed E-state index contributed by atoms with van der Waals surface area (Å²) >= 11 is 0. The number of para-hydroxylation sites is 1. The standard InChI is InChI=1S/C24H18N4O6/c1-15(29)34-22-20(28(31)32)12-16(13-21(22)33-2)14-25-27-23(17-8-4-3-5-9-17)26-19-11-7-6-10-18(19)24(27)30/h3-14H,1-2H3. The van der Waals surface area contributed by atoms with Gasteiger partial charge in [-0.3, -0.25) is 19.7 Å². The van der Waals surface area contributed by atoms with Crippen molar-refractivity contribution < 1.29 is 19.2 Å². The van der Waals surface area contributed by atoms with Crippen molar-refractivity contribution in [3.63, 3.8) is 0 Å². The van der Waals surface area contributed by atoms with Gasteiger partial charge in [0.25, 0.3) is 5.56 Å². The van der Waals surface area contributed by atoms with Gasteiger partial charge >= 0.3 is 11.7 Å². The number of fused-ring (bicyclic) bond motifs is 1. The minimum absolute atomic E-state index is 0.0295. The molecule has 0 atom stereocenters. The maximum Gasteiger partial charge on any atom is 0.316 e. The number of aromatic nitrogens is 2. The third-order valence-electron chi connectivity index (χ3n) is 4.83. The van der Waals surface area contributed by atoms with E-state index in [1.54, 1.807) is 36.4 Å². The van der Waals surface area contributed by atoms with Gasteiger partial charge in [0.05, 0.1) is 29.2 Å². The van der Waals surface area contributed by atoms with Crippen LogP contribution in [0.15, 0.2) is 76.6 Å². The molecule has 170 valence electrons. The Hall–Kier alpha value is -4.86. The molecule has 0 radical (unpaired) electrons. The fraction of sp³-hybridized carbons (Fsp3) is 0.0833. The van der Waals surface area contributed by atoms with E-state index in [1.165, 1.54) is 25.5 Å². The predicted octanol–water partition coefficient (Wildman–Crippen LogP) is 3.79. The third-order valence-corrected chi connectivity index (χ3v) is 4.83. The van der Waals surface area contributed by atoms with Gasteiger partial charge in [0.2, 0.25) is 5.75 Å². The monoisotopic (exact) mass is 458 g/mol. The highest BCUT2D eigenvalue weighted by Gasteiger charge is 2.23. The number of nitro benzene ring substituents is 1. The Morgan fingerprint density at radius 1 is 1.12 bits per heavy atom. The minimum atomic E-state index is -0.732. The molecule has 0 bridgehead atoms. The summed E-state index contributed by atoms with van der Waals surface area (Å²) in [5.41, 5.74) is 0.539. The average Bonchev–Trinajstić information content (AvgIpc) is 2.84. The fourth-order valence-corrected chi connectivity index (χ4v) is 3.35. The Labute approximate surface area is 192 Å². The van der Waals surface area contributed by atoms with Gasteiger partial charge in [-0.05, 0) is 18.2 Å². The Balaban J connectivity index is 1.90. The first kappa shape index (κ1) is 22.3. The molecule has 1 aromatic heterocycles. The van der Waals surface area contributed by atoms with Crippen molar-refractivity contribution in [1.82, 2.24) is 9.66 Å². The van der Waals surface area contributed by atoms with E-state index in [-0.39, 0.29) is 17.1 Å². The Morgan fingerprint density at radius 3 is 2.50 bits per heavy atom. The van der Waals surface area contributed by atoms with Gasteiger partial charge < -0.3 is 9.47 Å². The molecule has 0 unspecified atom stereocenters. The molecule has 0 saturated carbocycles. The number of methoxy groups -OCH3 is 1. The lowest BCUT2D eigenvalue weighted by atomic mass is 10.2. The van der Waals surface area contributed by atoms with Gasteiger partial charge in [-0.15, -0.1) is 0 Å². The van der Waals surface area contributed by atoms with Crippen molar-refractivity contribution in [2.75, 3.05) is 7.11 Å². The Bertz CT molecular complexity index is 1500. The second-order valence-electron chi connectivity index (χ2n) is 7.10. The smallest absolute Gasteiger partial charge is 0.316 e. The third kappa shape index (κ3) is 4.37. The number of rotatable bonds is 6. The van der Waals surface area contributed by atoms with Gasteiger partial charge in [0.15, 0.2) is 11.6 Å². The van der Waals surface area contributed by atoms with Crippen LogP contribution in [0.3, 0.4) is 0 Å². The molecule has 3 aromatic carbocycles. The van der Waals surface area contributed by atoms with Crippen LogP contribution in [0.25, 0.3) is 22.3 Å². The van der Waals surface area contributed by atoms with Gasteiger partial charge in [0.1, 0.15) is 0 Å². The largest absolute Gasteiger partial charge is 0.493 e. The molecule has 0 N–H and O–H groups in total. The topological polar surface area (TPSA) is 126 Å². The number of hydrogen-bond donors (Lipinski definition) is 0. The van der Waals surface area contributed by atoms with Crippen LogP contribution in [0.5, 0.6) is 11.5 Å². The van der Waals surface area contributed by atoms with Crippen molar-refractivity contribution in [2.45, 2.75) is 6.92 Å². The van der Waals surface area contributed by atoms with Crippen molar-refractivity contribution in [1.29, 1.82) is 0 Å². The van der Waals surface area contributed by atoms with Crippen molar-refractivity contribution in [2.24, 2.45) is 5.10 Å². The summed E-state index contributed by atoms with van der Waals surface area (Å²) < 4.78 is 11.3. The molecular formula is C24H18N4O6. The van der Waals surface area contributed by atoms with Crippen LogP contribution in [0, 0.1) is 10.1 Å². The Kier molecular flexibility index (Phi) is 6.13. The van der Waals surface area contributed by atoms with E-state index in [2.05, 4.69) is 10.1 Å². The lowest BCUT2D eigenvalue weighted by Gasteiger charge is -2.10. The highest BCUT2D eigenvalue weighted by Crippen LogP contribution is 2.38. The summed E-state index contributed by atoms with van der Waals surface area (Å²) in [6.45, 7) is 1.13. The summed E-state index contributed by atoms with van der Waals surface area (Å²) in [5, 5.41) is 16.3. The first-order valence-corrected chi connectivity index (χ1v) is 10.1. The number of nitro groups is 1. The van der Waals surface area contributed by atoms with E-state index in [4.69, 9.17) is 9.47 Å². The van der Waals surface area contributed by atoms with Gasteiger partial charge in [0, 0.05) is 24.1 Å². The lowest BCUT2D eigenvalue weighted by molar-refractivity contribution is -0.385. The number of benzene rings is 3. The molecule has 1 heterocycles. The fourth-order valence-electron chi connectivity index (χ4n) is 3.35. The molecule has 4 aromatic rings. The second kappa shape index (κ2) is 9.33. The molecule has 10 heteroatoms. The van der Waals surface area contributed by atoms with Crippen LogP contribution >= 0.6 is 0 Å². The van der Waals surface area contributed by atoms with Crippen LogP contribution in [0.1, 0.15) is 12.5 Å². The molecule has 4 rings (SSSR count). The minimum Gasteiger partial charge on any atom is -0.493 e. The van der Waals surface area contributed by atoms with Crippen molar-refractivity contribution in [3.05, 3.63) is 92.8 Å². The number of nitrogens with zero attached hydrogens (tertiary/aromatic N) is 4. The van der Waals surface area contributed by atoms with Crippen LogP contribution < -0.4 is 15.0 Å².